The summed E-state index contributed by atoms with van der Waals surface area (Å²) in [7, 11) is 0. The zero-order valence-corrected chi connectivity index (χ0v) is 15.9. The smallest absolute Gasteiger partial charge is 0.327 e. The number of carbonyl (C=O) groups is 1. The average Bonchev–Trinajstić information content (AvgIpc) is 2.96. The van der Waals surface area contributed by atoms with Gasteiger partial charge in [-0.1, -0.05) is 19.8 Å². The van der Waals surface area contributed by atoms with Gasteiger partial charge >= 0.3 is 17.7 Å². The van der Waals surface area contributed by atoms with Crippen molar-refractivity contribution in [1.82, 2.24) is 24.4 Å². The van der Waals surface area contributed by atoms with Gasteiger partial charge in [0, 0.05) is 13.1 Å². The molecule has 2 aromatic heterocycles. The largest absolute Gasteiger partial charge is 0.480 e. The summed E-state index contributed by atoms with van der Waals surface area (Å²) in [6.45, 7) is 6.00. The highest BCUT2D eigenvalue weighted by Crippen LogP contribution is 2.19. The third-order valence-corrected chi connectivity index (χ3v) is 5.02. The first-order valence-electron chi connectivity index (χ1n) is 9.58. The first-order valence-corrected chi connectivity index (χ1v) is 9.58. The number of likely N-dealkylation sites (tertiary alicyclic amines) is 1. The molecule has 9 heteroatoms. The van der Waals surface area contributed by atoms with Gasteiger partial charge in [0.2, 0.25) is 0 Å². The molecule has 0 radical (unpaired) electrons. The van der Waals surface area contributed by atoms with Crippen LogP contribution in [0.3, 0.4) is 0 Å². The van der Waals surface area contributed by atoms with Crippen molar-refractivity contribution < 1.29 is 14.6 Å². The van der Waals surface area contributed by atoms with Crippen molar-refractivity contribution in [1.29, 1.82) is 0 Å². The van der Waals surface area contributed by atoms with Crippen LogP contribution in [0.1, 0.15) is 44.7 Å². The normalized spacial score (nSPS) is 18.1. The molecule has 9 nitrogen and oxygen atoms in total. The van der Waals surface area contributed by atoms with E-state index in [9.17, 15) is 14.7 Å². The van der Waals surface area contributed by atoms with Crippen LogP contribution in [0, 0.1) is 6.92 Å². The lowest BCUT2D eigenvalue weighted by Gasteiger charge is -2.32. The van der Waals surface area contributed by atoms with E-state index in [1.807, 2.05) is 11.8 Å². The maximum absolute atomic E-state index is 12.4. The standard InChI is InChI=1S/C18H27N5O4/c1-3-4-11-27-17-19-12(2)14-15(21-17)23(18(26)20-14)10-9-22-8-6-5-7-13(22)16(24)25/h13H,3-11H2,1-2H3,(H,20,26)(H,24,25). The van der Waals surface area contributed by atoms with Gasteiger partial charge in [-0.25, -0.2) is 4.79 Å². The second kappa shape index (κ2) is 8.51. The van der Waals surface area contributed by atoms with Crippen LogP contribution in [0.15, 0.2) is 4.79 Å². The van der Waals surface area contributed by atoms with Crippen molar-refractivity contribution in [3.63, 3.8) is 0 Å². The Morgan fingerprint density at radius 3 is 2.89 bits per heavy atom. The van der Waals surface area contributed by atoms with E-state index < -0.39 is 12.0 Å². The summed E-state index contributed by atoms with van der Waals surface area (Å²) in [6, 6.07) is -0.216. The molecular formula is C18H27N5O4. The molecule has 1 aliphatic heterocycles. The number of aromatic nitrogens is 4. The molecule has 1 aliphatic rings. The van der Waals surface area contributed by atoms with Crippen molar-refractivity contribution in [3.8, 4) is 6.01 Å². The zero-order chi connectivity index (χ0) is 19.4. The van der Waals surface area contributed by atoms with Crippen LogP contribution in [-0.4, -0.2) is 61.2 Å². The van der Waals surface area contributed by atoms with Gasteiger partial charge in [-0.2, -0.15) is 9.97 Å². The van der Waals surface area contributed by atoms with Crippen molar-refractivity contribution in [2.24, 2.45) is 0 Å². The van der Waals surface area contributed by atoms with Crippen LogP contribution in [0.5, 0.6) is 6.01 Å². The number of aryl methyl sites for hydroxylation is 1. The number of aromatic amines is 1. The number of hydrogen-bond donors (Lipinski definition) is 2. The summed E-state index contributed by atoms with van der Waals surface area (Å²) in [4.78, 5) is 37.3. The van der Waals surface area contributed by atoms with Crippen LogP contribution in [0.4, 0.5) is 0 Å². The molecule has 1 atom stereocenters. The van der Waals surface area contributed by atoms with E-state index in [1.165, 1.54) is 0 Å². The highest BCUT2D eigenvalue weighted by Gasteiger charge is 2.28. The number of fused-ring (bicyclic) bond motifs is 1. The first-order chi connectivity index (χ1) is 13.0. The third-order valence-electron chi connectivity index (χ3n) is 5.02. The number of imidazole rings is 1. The number of carboxylic acids is 1. The second-order valence-electron chi connectivity index (χ2n) is 6.96. The van der Waals surface area contributed by atoms with E-state index >= 15 is 0 Å². The molecule has 1 unspecified atom stereocenters. The molecule has 0 amide bonds. The summed E-state index contributed by atoms with van der Waals surface area (Å²) < 4.78 is 7.15. The molecule has 0 aliphatic carbocycles. The quantitative estimate of drug-likeness (QED) is 0.671. The average molecular weight is 377 g/mol. The number of unbranched alkanes of at least 4 members (excludes halogenated alkanes) is 1. The Bertz CT molecular complexity index is 859. The Kier molecular flexibility index (Phi) is 6.10. The molecule has 1 fully saturated rings. The maximum atomic E-state index is 12.4. The molecule has 0 aromatic carbocycles. The molecule has 0 bridgehead atoms. The van der Waals surface area contributed by atoms with Gasteiger partial charge in [-0.3, -0.25) is 14.3 Å². The minimum atomic E-state index is -0.800. The van der Waals surface area contributed by atoms with Crippen LogP contribution in [-0.2, 0) is 11.3 Å². The number of hydrogen-bond acceptors (Lipinski definition) is 6. The lowest BCUT2D eigenvalue weighted by molar-refractivity contribution is -0.144. The number of ether oxygens (including phenoxy) is 1. The molecular weight excluding hydrogens is 350 g/mol. The van der Waals surface area contributed by atoms with Crippen LogP contribution in [0.25, 0.3) is 11.2 Å². The number of nitrogens with zero attached hydrogens (tertiary/aromatic N) is 4. The van der Waals surface area contributed by atoms with Crippen LogP contribution < -0.4 is 10.4 Å². The molecule has 2 N–H and O–H groups in total. The maximum Gasteiger partial charge on any atom is 0.327 e. The first kappa shape index (κ1) is 19.3. The molecule has 0 spiro atoms. The number of piperidine rings is 1. The summed E-state index contributed by atoms with van der Waals surface area (Å²) in [5, 5.41) is 9.41. The molecule has 2 aromatic rings. The number of rotatable bonds is 8. The van der Waals surface area contributed by atoms with Crippen molar-refractivity contribution in [3.05, 3.63) is 16.2 Å². The summed E-state index contributed by atoms with van der Waals surface area (Å²) in [5.74, 6) is -0.800. The van der Waals surface area contributed by atoms with E-state index in [-0.39, 0.29) is 11.7 Å². The summed E-state index contributed by atoms with van der Waals surface area (Å²) in [6.07, 6.45) is 4.46. The molecule has 27 heavy (non-hydrogen) atoms. The molecule has 1 saturated heterocycles. The fourth-order valence-corrected chi connectivity index (χ4v) is 3.49. The van der Waals surface area contributed by atoms with Gasteiger partial charge in [0.05, 0.1) is 12.3 Å². The van der Waals surface area contributed by atoms with Crippen molar-refractivity contribution >= 4 is 17.1 Å². The number of carboxylic acid groups (broad SMARTS) is 1. The highest BCUT2D eigenvalue weighted by atomic mass is 16.5. The van der Waals surface area contributed by atoms with Crippen LogP contribution in [0.2, 0.25) is 0 Å². The van der Waals surface area contributed by atoms with E-state index in [0.29, 0.717) is 43.0 Å². The zero-order valence-electron chi connectivity index (χ0n) is 15.9. The fourth-order valence-electron chi connectivity index (χ4n) is 3.49. The Balaban J connectivity index is 1.81. The summed E-state index contributed by atoms with van der Waals surface area (Å²) >= 11 is 0. The monoisotopic (exact) mass is 377 g/mol. The fraction of sp³-hybridized carbons (Fsp3) is 0.667. The minimum Gasteiger partial charge on any atom is -0.480 e. The molecule has 0 saturated carbocycles. The van der Waals surface area contributed by atoms with E-state index in [1.54, 1.807) is 4.57 Å². The SMILES string of the molecule is CCCCOc1nc(C)c2[nH]c(=O)n(CCN3CCCCC3C(=O)O)c2n1. The Morgan fingerprint density at radius 2 is 2.15 bits per heavy atom. The lowest BCUT2D eigenvalue weighted by Crippen LogP contribution is -2.46. The van der Waals surface area contributed by atoms with E-state index in [4.69, 9.17) is 4.74 Å². The van der Waals surface area contributed by atoms with E-state index in [0.717, 1.165) is 32.2 Å². The van der Waals surface area contributed by atoms with Gasteiger partial charge in [0.1, 0.15) is 11.6 Å². The predicted octanol–water partition coefficient (Wildman–Crippen LogP) is 1.55. The number of H-pyrrole nitrogens is 1. The van der Waals surface area contributed by atoms with Gasteiger partial charge in [0.25, 0.3) is 0 Å². The minimum absolute atomic E-state index is 0.266. The molecule has 148 valence electrons. The third kappa shape index (κ3) is 4.29. The Hall–Kier alpha value is -2.42. The highest BCUT2D eigenvalue weighted by molar-refractivity contribution is 5.74. The van der Waals surface area contributed by atoms with Gasteiger partial charge in [-0.05, 0) is 32.7 Å². The Labute approximate surface area is 157 Å². The predicted molar refractivity (Wildman–Crippen MR) is 100 cm³/mol. The van der Waals surface area contributed by atoms with Gasteiger partial charge in [-0.15, -0.1) is 0 Å². The molecule has 3 heterocycles. The van der Waals surface area contributed by atoms with Crippen LogP contribution >= 0.6 is 0 Å². The van der Waals surface area contributed by atoms with E-state index in [2.05, 4.69) is 21.9 Å². The summed E-state index contributed by atoms with van der Waals surface area (Å²) in [5.41, 5.74) is 1.49. The van der Waals surface area contributed by atoms with Gasteiger partial charge in [0.15, 0.2) is 5.65 Å². The second-order valence-corrected chi connectivity index (χ2v) is 6.96. The van der Waals surface area contributed by atoms with Gasteiger partial charge < -0.3 is 14.8 Å². The molecule has 3 rings (SSSR count). The number of aliphatic carboxylic acids is 1. The lowest BCUT2D eigenvalue weighted by atomic mass is 10.0. The topological polar surface area (TPSA) is 113 Å². The number of nitrogens with one attached hydrogen (secondary N) is 1. The van der Waals surface area contributed by atoms with Crippen molar-refractivity contribution in [2.45, 2.75) is 58.5 Å². The Morgan fingerprint density at radius 1 is 1.33 bits per heavy atom. The van der Waals surface area contributed by atoms with Crippen molar-refractivity contribution in [2.75, 3.05) is 19.7 Å².